The average Bonchev–Trinajstić information content (AvgIpc) is 2.85. The standard InChI is InChI=1S/C28H53O8P/c1-3-5-7-9-11-13-15-17-19-21-23-28(30)36-26(25-35-37(31,32)33)24-34-27(29)22-20-18-16-14-12-10-8-6-4-2/h7,9,26H,3-6,8,10-25H2,1-2H3,(H2,31,32,33)/b9-7-/t26-/m0/s1. The largest absolute Gasteiger partial charge is 0.469 e. The van der Waals surface area contributed by atoms with E-state index in [2.05, 4.69) is 30.5 Å². The van der Waals surface area contributed by atoms with Crippen molar-refractivity contribution >= 4 is 19.8 Å². The quantitative estimate of drug-likeness (QED) is 0.0492. The third-order valence-corrected chi connectivity index (χ3v) is 6.50. The van der Waals surface area contributed by atoms with E-state index in [1.807, 2.05) is 0 Å². The number of hydrogen-bond acceptors (Lipinski definition) is 6. The summed E-state index contributed by atoms with van der Waals surface area (Å²) >= 11 is 0. The van der Waals surface area contributed by atoms with Gasteiger partial charge in [-0.15, -0.1) is 0 Å². The van der Waals surface area contributed by atoms with Crippen LogP contribution in [0, 0.1) is 0 Å². The summed E-state index contributed by atoms with van der Waals surface area (Å²) in [4.78, 5) is 42.2. The maximum Gasteiger partial charge on any atom is 0.469 e. The molecule has 1 atom stereocenters. The molecular formula is C28H53O8P. The van der Waals surface area contributed by atoms with Crippen molar-refractivity contribution in [3.05, 3.63) is 12.2 Å². The van der Waals surface area contributed by atoms with Crippen molar-refractivity contribution in [3.63, 3.8) is 0 Å². The number of allylic oxidation sites excluding steroid dienone is 2. The van der Waals surface area contributed by atoms with E-state index >= 15 is 0 Å². The van der Waals surface area contributed by atoms with Crippen LogP contribution < -0.4 is 0 Å². The summed E-state index contributed by atoms with van der Waals surface area (Å²) in [5.74, 6) is -0.901. The predicted molar refractivity (Wildman–Crippen MR) is 147 cm³/mol. The molecule has 0 saturated carbocycles. The molecule has 0 aromatic rings. The first-order valence-corrected chi connectivity index (χ1v) is 16.0. The summed E-state index contributed by atoms with van der Waals surface area (Å²) in [6.45, 7) is 3.54. The second-order valence-electron chi connectivity index (χ2n) is 9.73. The van der Waals surface area contributed by atoms with E-state index in [-0.39, 0.29) is 19.4 Å². The van der Waals surface area contributed by atoms with E-state index in [1.54, 1.807) is 0 Å². The van der Waals surface area contributed by atoms with Crippen LogP contribution in [0.15, 0.2) is 12.2 Å². The third kappa shape index (κ3) is 27.6. The number of phosphoric ester groups is 1. The Labute approximate surface area is 225 Å². The van der Waals surface area contributed by atoms with Crippen molar-refractivity contribution in [2.75, 3.05) is 13.2 Å². The van der Waals surface area contributed by atoms with Gasteiger partial charge >= 0.3 is 19.8 Å². The van der Waals surface area contributed by atoms with Gasteiger partial charge in [0.1, 0.15) is 6.61 Å². The van der Waals surface area contributed by atoms with Gasteiger partial charge in [0.15, 0.2) is 6.10 Å². The van der Waals surface area contributed by atoms with Gasteiger partial charge in [-0.1, -0.05) is 103 Å². The zero-order valence-electron chi connectivity index (χ0n) is 23.4. The lowest BCUT2D eigenvalue weighted by molar-refractivity contribution is -0.161. The molecular weight excluding hydrogens is 495 g/mol. The van der Waals surface area contributed by atoms with Crippen molar-refractivity contribution < 1.29 is 37.9 Å². The highest BCUT2D eigenvalue weighted by Crippen LogP contribution is 2.35. The van der Waals surface area contributed by atoms with Gasteiger partial charge < -0.3 is 19.3 Å². The first-order valence-electron chi connectivity index (χ1n) is 14.5. The molecule has 0 radical (unpaired) electrons. The first kappa shape index (κ1) is 35.8. The number of ether oxygens (including phenoxy) is 2. The van der Waals surface area contributed by atoms with E-state index in [0.717, 1.165) is 57.8 Å². The Bertz CT molecular complexity index is 632. The van der Waals surface area contributed by atoms with Crippen LogP contribution in [0.1, 0.15) is 136 Å². The second kappa shape index (κ2) is 25.1. The lowest BCUT2D eigenvalue weighted by atomic mass is 10.1. The molecule has 0 unspecified atom stereocenters. The molecule has 0 heterocycles. The van der Waals surface area contributed by atoms with Crippen LogP contribution in [-0.4, -0.2) is 41.0 Å². The fraction of sp³-hybridized carbons (Fsp3) is 0.857. The number of phosphoric acid groups is 1. The number of unbranched alkanes of at least 4 members (excludes halogenated alkanes) is 14. The van der Waals surface area contributed by atoms with Crippen LogP contribution in [0.4, 0.5) is 0 Å². The van der Waals surface area contributed by atoms with Crippen LogP contribution in [0.2, 0.25) is 0 Å². The molecule has 0 saturated heterocycles. The minimum Gasteiger partial charge on any atom is -0.462 e. The van der Waals surface area contributed by atoms with Crippen molar-refractivity contribution in [1.29, 1.82) is 0 Å². The van der Waals surface area contributed by atoms with Gasteiger partial charge in [0.2, 0.25) is 0 Å². The molecule has 0 aliphatic heterocycles. The molecule has 0 aliphatic rings. The maximum absolute atomic E-state index is 12.2. The van der Waals surface area contributed by atoms with E-state index in [9.17, 15) is 14.2 Å². The van der Waals surface area contributed by atoms with Crippen LogP contribution in [0.3, 0.4) is 0 Å². The van der Waals surface area contributed by atoms with Gasteiger partial charge in [-0.05, 0) is 32.1 Å². The summed E-state index contributed by atoms with van der Waals surface area (Å²) in [6, 6.07) is 0. The Morgan fingerprint density at radius 1 is 0.676 bits per heavy atom. The monoisotopic (exact) mass is 548 g/mol. The maximum atomic E-state index is 12.2. The molecule has 2 N–H and O–H groups in total. The number of carbonyl (C=O) groups excluding carboxylic acids is 2. The first-order chi connectivity index (χ1) is 17.8. The number of rotatable bonds is 26. The third-order valence-electron chi connectivity index (χ3n) is 6.02. The molecule has 0 rings (SSSR count). The minimum absolute atomic E-state index is 0.204. The SMILES string of the molecule is CCC/C=C\CCCCCCCC(=O)O[C@@H](COC(=O)CCCCCCCCCCC)COP(=O)(O)O. The smallest absolute Gasteiger partial charge is 0.462 e. The van der Waals surface area contributed by atoms with Crippen LogP contribution >= 0.6 is 7.82 Å². The van der Waals surface area contributed by atoms with Gasteiger partial charge in [0, 0.05) is 12.8 Å². The van der Waals surface area contributed by atoms with E-state index < -0.39 is 32.5 Å². The van der Waals surface area contributed by atoms with E-state index in [4.69, 9.17) is 19.3 Å². The number of carbonyl (C=O) groups is 2. The van der Waals surface area contributed by atoms with Gasteiger partial charge in [-0.25, -0.2) is 4.57 Å². The lowest BCUT2D eigenvalue weighted by Crippen LogP contribution is -2.29. The highest BCUT2D eigenvalue weighted by molar-refractivity contribution is 7.46. The van der Waals surface area contributed by atoms with Crippen LogP contribution in [0.25, 0.3) is 0 Å². The normalized spacial score (nSPS) is 12.6. The molecule has 0 spiro atoms. The Morgan fingerprint density at radius 3 is 1.76 bits per heavy atom. The highest BCUT2D eigenvalue weighted by Gasteiger charge is 2.22. The number of hydrogen-bond donors (Lipinski definition) is 2. The van der Waals surface area contributed by atoms with Gasteiger partial charge in [0.05, 0.1) is 6.61 Å². The fourth-order valence-electron chi connectivity index (χ4n) is 3.84. The molecule has 37 heavy (non-hydrogen) atoms. The topological polar surface area (TPSA) is 119 Å². The molecule has 9 heteroatoms. The van der Waals surface area contributed by atoms with E-state index in [0.29, 0.717) is 6.42 Å². The second-order valence-corrected chi connectivity index (χ2v) is 11.0. The molecule has 0 fully saturated rings. The summed E-state index contributed by atoms with van der Waals surface area (Å²) in [5.41, 5.74) is 0. The molecule has 218 valence electrons. The number of esters is 2. The van der Waals surface area contributed by atoms with Gasteiger partial charge in [-0.3, -0.25) is 14.1 Å². The van der Waals surface area contributed by atoms with Crippen LogP contribution in [0.5, 0.6) is 0 Å². The Kier molecular flexibility index (Phi) is 24.3. The van der Waals surface area contributed by atoms with Gasteiger partial charge in [0.25, 0.3) is 0 Å². The lowest BCUT2D eigenvalue weighted by Gasteiger charge is -2.18. The van der Waals surface area contributed by atoms with Crippen molar-refractivity contribution in [2.24, 2.45) is 0 Å². The van der Waals surface area contributed by atoms with Crippen molar-refractivity contribution in [3.8, 4) is 0 Å². The molecule has 0 bridgehead atoms. The Morgan fingerprint density at radius 2 is 1.19 bits per heavy atom. The van der Waals surface area contributed by atoms with Crippen molar-refractivity contribution in [1.82, 2.24) is 0 Å². The Balaban J connectivity index is 4.10. The zero-order chi connectivity index (χ0) is 27.6. The fourth-order valence-corrected chi connectivity index (χ4v) is 4.20. The van der Waals surface area contributed by atoms with Crippen molar-refractivity contribution in [2.45, 2.75) is 142 Å². The average molecular weight is 549 g/mol. The van der Waals surface area contributed by atoms with E-state index in [1.165, 1.54) is 44.9 Å². The highest BCUT2D eigenvalue weighted by atomic mass is 31.2. The summed E-state index contributed by atoms with van der Waals surface area (Å²) in [6.07, 6.45) is 22.4. The summed E-state index contributed by atoms with van der Waals surface area (Å²) in [5, 5.41) is 0. The summed E-state index contributed by atoms with van der Waals surface area (Å²) < 4.78 is 26.0. The minimum atomic E-state index is -4.73. The predicted octanol–water partition coefficient (Wildman–Crippen LogP) is 7.56. The van der Waals surface area contributed by atoms with Crippen LogP contribution in [-0.2, 0) is 28.2 Å². The molecule has 0 aromatic heterocycles. The molecule has 0 aromatic carbocycles. The molecule has 0 aliphatic carbocycles. The molecule has 0 amide bonds. The zero-order valence-corrected chi connectivity index (χ0v) is 24.3. The summed E-state index contributed by atoms with van der Waals surface area (Å²) in [7, 11) is -4.73. The Hall–Kier alpha value is -1.21. The van der Waals surface area contributed by atoms with Gasteiger partial charge in [-0.2, -0.15) is 0 Å². The molecule has 8 nitrogen and oxygen atoms in total.